The van der Waals surface area contributed by atoms with Gasteiger partial charge in [0.25, 0.3) is 5.56 Å². The summed E-state index contributed by atoms with van der Waals surface area (Å²) in [5.74, 6) is 1.54. The molecule has 0 aromatic carbocycles. The van der Waals surface area contributed by atoms with Gasteiger partial charge in [-0.1, -0.05) is 6.92 Å². The lowest BCUT2D eigenvalue weighted by atomic mass is 10.00. The van der Waals surface area contributed by atoms with Gasteiger partial charge in [-0.2, -0.15) is 0 Å². The van der Waals surface area contributed by atoms with E-state index in [0.717, 1.165) is 25.2 Å². The smallest absolute Gasteiger partial charge is 0.257 e. The summed E-state index contributed by atoms with van der Waals surface area (Å²) in [7, 11) is 0. The fraction of sp³-hybridized carbons (Fsp3) is 0.600. The maximum atomic E-state index is 11.8. The molecule has 0 saturated carbocycles. The molecule has 4 heteroatoms. The van der Waals surface area contributed by atoms with Gasteiger partial charge in [-0.05, 0) is 12.3 Å². The summed E-state index contributed by atoms with van der Waals surface area (Å²) in [6.07, 6.45) is 3.58. The Kier molecular flexibility index (Phi) is 2.37. The van der Waals surface area contributed by atoms with E-state index in [1.165, 1.54) is 0 Å². The fourth-order valence-electron chi connectivity index (χ4n) is 1.86. The molecule has 0 spiro atoms. The van der Waals surface area contributed by atoms with Gasteiger partial charge in [0.05, 0.1) is 0 Å². The Hall–Kier alpha value is -1.16. The standard InChI is InChI=1S/C10H15N3O/c1-7-2-3-13-9(4-7)12-6-8(5-11)10(13)14/h6-7H,2-5,11H2,1H3. The van der Waals surface area contributed by atoms with Crippen molar-refractivity contribution in [1.82, 2.24) is 9.55 Å². The van der Waals surface area contributed by atoms with Crippen LogP contribution >= 0.6 is 0 Å². The van der Waals surface area contributed by atoms with Gasteiger partial charge >= 0.3 is 0 Å². The topological polar surface area (TPSA) is 60.9 Å². The Bertz CT molecular complexity index is 397. The van der Waals surface area contributed by atoms with Gasteiger partial charge in [0.1, 0.15) is 5.82 Å². The molecule has 1 aromatic rings. The zero-order chi connectivity index (χ0) is 10.1. The van der Waals surface area contributed by atoms with Gasteiger partial charge < -0.3 is 5.73 Å². The molecule has 2 heterocycles. The van der Waals surface area contributed by atoms with Crippen LogP contribution in [0.5, 0.6) is 0 Å². The minimum atomic E-state index is 0.0457. The molecule has 2 N–H and O–H groups in total. The highest BCUT2D eigenvalue weighted by atomic mass is 16.1. The molecule has 1 atom stereocenters. The van der Waals surface area contributed by atoms with E-state index in [9.17, 15) is 4.79 Å². The van der Waals surface area contributed by atoms with Crippen LogP contribution in [0.25, 0.3) is 0 Å². The van der Waals surface area contributed by atoms with Crippen molar-refractivity contribution in [2.45, 2.75) is 32.9 Å². The Labute approximate surface area is 82.8 Å². The van der Waals surface area contributed by atoms with Crippen LogP contribution in [0.2, 0.25) is 0 Å². The first-order valence-corrected chi connectivity index (χ1v) is 5.00. The summed E-state index contributed by atoms with van der Waals surface area (Å²) >= 11 is 0. The normalized spacial score (nSPS) is 20.6. The Morgan fingerprint density at radius 2 is 2.50 bits per heavy atom. The third-order valence-corrected chi connectivity index (χ3v) is 2.80. The van der Waals surface area contributed by atoms with Crippen molar-refractivity contribution in [2.75, 3.05) is 0 Å². The zero-order valence-electron chi connectivity index (χ0n) is 8.36. The predicted molar refractivity (Wildman–Crippen MR) is 53.9 cm³/mol. The first-order chi connectivity index (χ1) is 6.72. The van der Waals surface area contributed by atoms with Gasteiger partial charge in [-0.3, -0.25) is 9.36 Å². The molecule has 2 rings (SSSR count). The number of rotatable bonds is 1. The number of fused-ring (bicyclic) bond motifs is 1. The van der Waals surface area contributed by atoms with Gasteiger partial charge in [0, 0.05) is 31.3 Å². The first kappa shape index (κ1) is 9.40. The third-order valence-electron chi connectivity index (χ3n) is 2.80. The predicted octanol–water partition coefficient (Wildman–Crippen LogP) is 0.284. The molecule has 0 radical (unpaired) electrons. The Morgan fingerprint density at radius 3 is 3.21 bits per heavy atom. The minimum absolute atomic E-state index is 0.0457. The second-order valence-electron chi connectivity index (χ2n) is 3.96. The fourth-order valence-corrected chi connectivity index (χ4v) is 1.86. The van der Waals surface area contributed by atoms with Crippen LogP contribution in [0.4, 0.5) is 0 Å². The highest BCUT2D eigenvalue weighted by molar-refractivity contribution is 5.09. The molecule has 76 valence electrons. The molecule has 1 aliphatic rings. The van der Waals surface area contributed by atoms with Gasteiger partial charge in [-0.25, -0.2) is 4.98 Å². The van der Waals surface area contributed by atoms with Crippen molar-refractivity contribution in [3.05, 3.63) is 27.9 Å². The van der Waals surface area contributed by atoms with E-state index in [2.05, 4.69) is 11.9 Å². The van der Waals surface area contributed by atoms with Crippen LogP contribution in [0, 0.1) is 5.92 Å². The van der Waals surface area contributed by atoms with E-state index >= 15 is 0 Å². The molecule has 4 nitrogen and oxygen atoms in total. The van der Waals surface area contributed by atoms with Crippen LogP contribution in [-0.2, 0) is 19.5 Å². The van der Waals surface area contributed by atoms with E-state index < -0.39 is 0 Å². The number of aromatic nitrogens is 2. The summed E-state index contributed by atoms with van der Waals surface area (Å²) in [4.78, 5) is 16.1. The molecule has 1 unspecified atom stereocenters. The van der Waals surface area contributed by atoms with Crippen molar-refractivity contribution in [3.63, 3.8) is 0 Å². The van der Waals surface area contributed by atoms with Gasteiger partial charge in [0.2, 0.25) is 0 Å². The van der Waals surface area contributed by atoms with Crippen LogP contribution in [0.15, 0.2) is 11.0 Å². The highest BCUT2D eigenvalue weighted by Crippen LogP contribution is 2.16. The summed E-state index contributed by atoms with van der Waals surface area (Å²) in [6.45, 7) is 3.25. The van der Waals surface area contributed by atoms with Crippen molar-refractivity contribution < 1.29 is 0 Å². The molecule has 0 fully saturated rings. The number of nitrogens with zero attached hydrogens (tertiary/aromatic N) is 2. The van der Waals surface area contributed by atoms with Crippen molar-refractivity contribution in [3.8, 4) is 0 Å². The maximum absolute atomic E-state index is 11.8. The zero-order valence-corrected chi connectivity index (χ0v) is 8.36. The summed E-state index contributed by atoms with van der Waals surface area (Å²) < 4.78 is 1.77. The molecular formula is C10H15N3O. The van der Waals surface area contributed by atoms with Crippen LogP contribution in [0.3, 0.4) is 0 Å². The van der Waals surface area contributed by atoms with Crippen molar-refractivity contribution in [1.29, 1.82) is 0 Å². The van der Waals surface area contributed by atoms with E-state index in [-0.39, 0.29) is 12.1 Å². The molecule has 1 aromatic heterocycles. The molecule has 14 heavy (non-hydrogen) atoms. The average molecular weight is 193 g/mol. The summed E-state index contributed by atoms with van der Waals surface area (Å²) in [5, 5.41) is 0. The highest BCUT2D eigenvalue weighted by Gasteiger charge is 2.17. The van der Waals surface area contributed by atoms with Crippen LogP contribution in [-0.4, -0.2) is 9.55 Å². The lowest BCUT2D eigenvalue weighted by molar-refractivity contribution is 0.392. The van der Waals surface area contributed by atoms with Gasteiger partial charge in [-0.15, -0.1) is 0 Å². The molecule has 0 saturated heterocycles. The van der Waals surface area contributed by atoms with E-state index in [0.29, 0.717) is 11.5 Å². The monoisotopic (exact) mass is 193 g/mol. The molecule has 0 aliphatic carbocycles. The van der Waals surface area contributed by atoms with E-state index in [1.54, 1.807) is 10.8 Å². The second-order valence-corrected chi connectivity index (χ2v) is 3.96. The quantitative estimate of drug-likeness (QED) is 0.697. The van der Waals surface area contributed by atoms with E-state index in [4.69, 9.17) is 5.73 Å². The molecule has 0 amide bonds. The van der Waals surface area contributed by atoms with Crippen LogP contribution in [0.1, 0.15) is 24.7 Å². The number of nitrogens with two attached hydrogens (primary N) is 1. The van der Waals surface area contributed by atoms with Crippen LogP contribution < -0.4 is 11.3 Å². The van der Waals surface area contributed by atoms with E-state index in [1.807, 2.05) is 0 Å². The average Bonchev–Trinajstić information content (AvgIpc) is 2.18. The van der Waals surface area contributed by atoms with Crippen molar-refractivity contribution in [2.24, 2.45) is 11.7 Å². The van der Waals surface area contributed by atoms with Crippen molar-refractivity contribution >= 4 is 0 Å². The first-order valence-electron chi connectivity index (χ1n) is 5.00. The Morgan fingerprint density at radius 1 is 1.71 bits per heavy atom. The molecule has 1 aliphatic heterocycles. The Balaban J connectivity index is 2.49. The maximum Gasteiger partial charge on any atom is 0.257 e. The minimum Gasteiger partial charge on any atom is -0.326 e. The summed E-state index contributed by atoms with van der Waals surface area (Å²) in [6, 6.07) is 0. The lowest BCUT2D eigenvalue weighted by Crippen LogP contribution is -2.33. The number of hydrogen-bond acceptors (Lipinski definition) is 3. The number of hydrogen-bond donors (Lipinski definition) is 1. The molecular weight excluding hydrogens is 178 g/mol. The SMILES string of the molecule is CC1CCn2c(ncc(CN)c2=O)C1. The molecule has 0 bridgehead atoms. The van der Waals surface area contributed by atoms with Gasteiger partial charge in [0.15, 0.2) is 0 Å². The largest absolute Gasteiger partial charge is 0.326 e. The second kappa shape index (κ2) is 3.53. The lowest BCUT2D eigenvalue weighted by Gasteiger charge is -2.22. The summed E-state index contributed by atoms with van der Waals surface area (Å²) in [5.41, 5.74) is 6.12. The third kappa shape index (κ3) is 1.46.